The maximum absolute atomic E-state index is 11.2. The Morgan fingerprint density at radius 1 is 1.38 bits per heavy atom. The molecule has 0 bridgehead atoms. The second kappa shape index (κ2) is 5.09. The molecule has 0 atom stereocenters. The van der Waals surface area contributed by atoms with Crippen LogP contribution >= 0.6 is 0 Å². The zero-order chi connectivity index (χ0) is 9.52. The summed E-state index contributed by atoms with van der Waals surface area (Å²) in [6, 6.07) is 8.81. The molecule has 0 heterocycles. The van der Waals surface area contributed by atoms with Crippen LogP contribution in [0.1, 0.15) is 16.8 Å². The minimum Gasteiger partial charge on any atom is -0.462 e. The monoisotopic (exact) mass is 177 g/mol. The summed E-state index contributed by atoms with van der Waals surface area (Å²) in [5.74, 6) is -0.331. The second-order valence-corrected chi connectivity index (χ2v) is 2.49. The topological polar surface area (TPSA) is 50.1 Å². The van der Waals surface area contributed by atoms with E-state index >= 15 is 0 Å². The van der Waals surface area contributed by atoms with Crippen LogP contribution in [0.5, 0.6) is 0 Å². The zero-order valence-corrected chi connectivity index (χ0v) is 7.19. The number of hydrogen-bond acceptors (Lipinski definition) is 3. The highest BCUT2D eigenvalue weighted by atomic mass is 16.5. The Kier molecular flexibility index (Phi) is 3.70. The van der Waals surface area contributed by atoms with E-state index in [2.05, 4.69) is 0 Å². The van der Waals surface area contributed by atoms with Crippen LogP contribution in [0.3, 0.4) is 0 Å². The van der Waals surface area contributed by atoms with Crippen LogP contribution in [0.4, 0.5) is 0 Å². The third kappa shape index (κ3) is 3.07. The van der Waals surface area contributed by atoms with E-state index in [-0.39, 0.29) is 12.6 Å². The van der Waals surface area contributed by atoms with Crippen molar-refractivity contribution >= 4 is 12.2 Å². The standard InChI is InChI=1S/C10H11NO2/c11-7-4-8-13-10(12)9-5-2-1-3-6-9/h1-3,5-7,11H,4,8H2. The lowest BCUT2D eigenvalue weighted by atomic mass is 10.2. The summed E-state index contributed by atoms with van der Waals surface area (Å²) in [6.07, 6.45) is 1.69. The molecule has 0 saturated heterocycles. The molecule has 0 fully saturated rings. The fraction of sp³-hybridized carbons (Fsp3) is 0.200. The number of carbonyl (C=O) groups excluding carboxylic acids is 1. The average Bonchev–Trinajstić information content (AvgIpc) is 2.19. The van der Waals surface area contributed by atoms with Crippen LogP contribution in [0.25, 0.3) is 0 Å². The number of carbonyl (C=O) groups is 1. The third-order valence-corrected chi connectivity index (χ3v) is 1.50. The normalized spacial score (nSPS) is 9.23. The summed E-state index contributed by atoms with van der Waals surface area (Å²) >= 11 is 0. The highest BCUT2D eigenvalue weighted by Gasteiger charge is 2.03. The molecule has 0 aliphatic carbocycles. The molecule has 3 nitrogen and oxygen atoms in total. The number of esters is 1. The van der Waals surface area contributed by atoms with E-state index in [0.717, 1.165) is 0 Å². The van der Waals surface area contributed by atoms with Gasteiger partial charge in [-0.05, 0) is 18.3 Å². The first-order chi connectivity index (χ1) is 6.34. The van der Waals surface area contributed by atoms with Gasteiger partial charge in [-0.15, -0.1) is 0 Å². The van der Waals surface area contributed by atoms with Crippen LogP contribution in [-0.4, -0.2) is 18.8 Å². The maximum Gasteiger partial charge on any atom is 0.338 e. The van der Waals surface area contributed by atoms with E-state index in [1.54, 1.807) is 24.3 Å². The fourth-order valence-corrected chi connectivity index (χ4v) is 0.868. The van der Waals surface area contributed by atoms with Gasteiger partial charge >= 0.3 is 5.97 Å². The third-order valence-electron chi connectivity index (χ3n) is 1.50. The zero-order valence-electron chi connectivity index (χ0n) is 7.19. The van der Waals surface area contributed by atoms with E-state index in [4.69, 9.17) is 10.1 Å². The Bertz CT molecular complexity index is 282. The Morgan fingerprint density at radius 3 is 2.69 bits per heavy atom. The van der Waals surface area contributed by atoms with Crippen LogP contribution in [0.2, 0.25) is 0 Å². The van der Waals surface area contributed by atoms with Crippen LogP contribution < -0.4 is 0 Å². The Labute approximate surface area is 76.9 Å². The van der Waals surface area contributed by atoms with Crippen molar-refractivity contribution in [2.75, 3.05) is 6.61 Å². The molecule has 0 saturated carbocycles. The molecule has 0 spiro atoms. The summed E-state index contributed by atoms with van der Waals surface area (Å²) in [5.41, 5.74) is 0.549. The summed E-state index contributed by atoms with van der Waals surface area (Å²) < 4.78 is 4.88. The highest BCUT2D eigenvalue weighted by Crippen LogP contribution is 2.00. The van der Waals surface area contributed by atoms with Crippen LogP contribution in [0, 0.1) is 5.41 Å². The van der Waals surface area contributed by atoms with Gasteiger partial charge in [0.2, 0.25) is 0 Å². The summed E-state index contributed by atoms with van der Waals surface area (Å²) in [5, 5.41) is 6.74. The molecule has 0 aromatic heterocycles. The molecule has 0 amide bonds. The Hall–Kier alpha value is -1.64. The smallest absolute Gasteiger partial charge is 0.338 e. The molecule has 0 aliphatic heterocycles. The first-order valence-corrected chi connectivity index (χ1v) is 4.05. The SMILES string of the molecule is N=CCCOC(=O)c1ccccc1. The summed E-state index contributed by atoms with van der Waals surface area (Å²) in [6.45, 7) is 0.275. The van der Waals surface area contributed by atoms with E-state index in [1.165, 1.54) is 6.21 Å². The van der Waals surface area contributed by atoms with Gasteiger partial charge in [-0.3, -0.25) is 0 Å². The molecule has 0 radical (unpaired) electrons. The van der Waals surface area contributed by atoms with Gasteiger partial charge in [-0.25, -0.2) is 4.79 Å². The van der Waals surface area contributed by atoms with Gasteiger partial charge in [0.25, 0.3) is 0 Å². The molecule has 0 unspecified atom stereocenters. The van der Waals surface area contributed by atoms with E-state index in [9.17, 15) is 4.79 Å². The molecule has 0 aliphatic rings. The quantitative estimate of drug-likeness (QED) is 0.433. The average molecular weight is 177 g/mol. The molecule has 1 aromatic rings. The lowest BCUT2D eigenvalue weighted by Crippen LogP contribution is -2.06. The lowest BCUT2D eigenvalue weighted by Gasteiger charge is -2.01. The number of rotatable bonds is 4. The van der Waals surface area contributed by atoms with Gasteiger partial charge in [0.05, 0.1) is 12.2 Å². The number of benzene rings is 1. The molecular weight excluding hydrogens is 166 g/mol. The number of ether oxygens (including phenoxy) is 1. The molecule has 68 valence electrons. The van der Waals surface area contributed by atoms with Gasteiger partial charge in [0, 0.05) is 6.42 Å². The lowest BCUT2D eigenvalue weighted by molar-refractivity contribution is 0.0516. The second-order valence-electron chi connectivity index (χ2n) is 2.49. The largest absolute Gasteiger partial charge is 0.462 e. The van der Waals surface area contributed by atoms with Gasteiger partial charge in [-0.2, -0.15) is 0 Å². The van der Waals surface area contributed by atoms with Crippen molar-refractivity contribution in [3.63, 3.8) is 0 Å². The molecule has 1 N–H and O–H groups in total. The Morgan fingerprint density at radius 2 is 2.08 bits per heavy atom. The number of hydrogen-bond donors (Lipinski definition) is 1. The molecule has 13 heavy (non-hydrogen) atoms. The van der Waals surface area contributed by atoms with Gasteiger partial charge in [0.1, 0.15) is 0 Å². The predicted octanol–water partition coefficient (Wildman–Crippen LogP) is 1.88. The van der Waals surface area contributed by atoms with Gasteiger partial charge in [-0.1, -0.05) is 18.2 Å². The van der Waals surface area contributed by atoms with Gasteiger partial charge in [0.15, 0.2) is 0 Å². The Balaban J connectivity index is 2.45. The van der Waals surface area contributed by atoms with Crippen LogP contribution in [-0.2, 0) is 4.74 Å². The van der Waals surface area contributed by atoms with Crippen LogP contribution in [0.15, 0.2) is 30.3 Å². The first-order valence-electron chi connectivity index (χ1n) is 4.05. The van der Waals surface area contributed by atoms with E-state index in [0.29, 0.717) is 12.0 Å². The molecule has 1 rings (SSSR count). The van der Waals surface area contributed by atoms with Crippen molar-refractivity contribution in [2.45, 2.75) is 6.42 Å². The minimum atomic E-state index is -0.331. The molecular formula is C10H11NO2. The first kappa shape index (κ1) is 9.45. The highest BCUT2D eigenvalue weighted by molar-refractivity contribution is 5.89. The molecule has 1 aromatic carbocycles. The van der Waals surface area contributed by atoms with Crippen molar-refractivity contribution in [1.82, 2.24) is 0 Å². The van der Waals surface area contributed by atoms with Crippen molar-refractivity contribution < 1.29 is 9.53 Å². The van der Waals surface area contributed by atoms with Crippen molar-refractivity contribution in [3.05, 3.63) is 35.9 Å². The van der Waals surface area contributed by atoms with E-state index < -0.39 is 0 Å². The predicted molar refractivity (Wildman–Crippen MR) is 50.1 cm³/mol. The van der Waals surface area contributed by atoms with Crippen molar-refractivity contribution in [1.29, 1.82) is 5.41 Å². The van der Waals surface area contributed by atoms with Crippen molar-refractivity contribution in [2.24, 2.45) is 0 Å². The fourth-order valence-electron chi connectivity index (χ4n) is 0.868. The maximum atomic E-state index is 11.2. The van der Waals surface area contributed by atoms with Crippen molar-refractivity contribution in [3.8, 4) is 0 Å². The van der Waals surface area contributed by atoms with Gasteiger partial charge < -0.3 is 10.1 Å². The molecule has 3 heteroatoms. The minimum absolute atomic E-state index is 0.275. The summed E-state index contributed by atoms with van der Waals surface area (Å²) in [4.78, 5) is 11.2. The summed E-state index contributed by atoms with van der Waals surface area (Å²) in [7, 11) is 0. The van der Waals surface area contributed by atoms with E-state index in [1.807, 2.05) is 6.07 Å². The number of nitrogens with one attached hydrogen (secondary N) is 1.